The van der Waals surface area contributed by atoms with Gasteiger partial charge >= 0.3 is 12.1 Å². The molecule has 2 heterocycles. The number of fused-ring (bicyclic) bond motifs is 2. The first-order valence-electron chi connectivity index (χ1n) is 13.1. The molecular formula is C29H33FN2O5. The van der Waals surface area contributed by atoms with Crippen LogP contribution in [-0.4, -0.2) is 47.5 Å². The molecule has 3 fully saturated rings. The number of ether oxygens (including phenoxy) is 2. The van der Waals surface area contributed by atoms with E-state index in [0.29, 0.717) is 5.92 Å². The van der Waals surface area contributed by atoms with E-state index in [4.69, 9.17) is 14.6 Å². The number of aliphatic hydroxyl groups is 1. The average Bonchev–Trinajstić information content (AvgIpc) is 3.18. The highest BCUT2D eigenvalue weighted by atomic mass is 19.1. The summed E-state index contributed by atoms with van der Waals surface area (Å²) in [6.45, 7) is 1.75. The van der Waals surface area contributed by atoms with Crippen LogP contribution in [0.1, 0.15) is 38.3 Å². The quantitative estimate of drug-likeness (QED) is 0.554. The number of alkyl carbamates (subject to hydrolysis) is 1. The van der Waals surface area contributed by atoms with Gasteiger partial charge in [-0.2, -0.15) is 0 Å². The zero-order valence-electron chi connectivity index (χ0n) is 20.9. The van der Waals surface area contributed by atoms with Gasteiger partial charge in [0, 0.05) is 23.7 Å². The number of allylic oxidation sites excluding steroid dienone is 1. The van der Waals surface area contributed by atoms with Crippen LogP contribution in [0.25, 0.3) is 17.2 Å². The van der Waals surface area contributed by atoms with E-state index in [0.717, 1.165) is 42.5 Å². The third-order valence-corrected chi connectivity index (χ3v) is 8.23. The lowest BCUT2D eigenvalue weighted by Crippen LogP contribution is -2.48. The maximum Gasteiger partial charge on any atom is 0.407 e. The van der Waals surface area contributed by atoms with Crippen molar-refractivity contribution in [2.24, 2.45) is 29.6 Å². The van der Waals surface area contributed by atoms with Crippen molar-refractivity contribution in [1.29, 1.82) is 0 Å². The van der Waals surface area contributed by atoms with Crippen LogP contribution < -0.4 is 5.32 Å². The van der Waals surface area contributed by atoms with Gasteiger partial charge in [-0.15, -0.1) is 0 Å². The van der Waals surface area contributed by atoms with Crippen molar-refractivity contribution in [3.05, 3.63) is 60.2 Å². The van der Waals surface area contributed by atoms with Crippen LogP contribution in [0.4, 0.5) is 9.18 Å². The number of nitrogens with one attached hydrogen (secondary N) is 1. The first-order valence-corrected chi connectivity index (χ1v) is 13.1. The fourth-order valence-electron chi connectivity index (χ4n) is 6.65. The number of carbonyl (C=O) groups is 2. The summed E-state index contributed by atoms with van der Waals surface area (Å²) < 4.78 is 24.2. The Morgan fingerprint density at radius 3 is 2.86 bits per heavy atom. The third-order valence-electron chi connectivity index (χ3n) is 8.23. The molecule has 37 heavy (non-hydrogen) atoms. The van der Waals surface area contributed by atoms with E-state index in [9.17, 15) is 14.0 Å². The normalized spacial score (nSPS) is 30.9. The van der Waals surface area contributed by atoms with Crippen LogP contribution >= 0.6 is 0 Å². The molecule has 1 unspecified atom stereocenters. The summed E-state index contributed by atoms with van der Waals surface area (Å²) in [7, 11) is 0. The molecule has 1 aromatic heterocycles. The molecule has 1 aliphatic heterocycles. The smallest absolute Gasteiger partial charge is 0.407 e. The van der Waals surface area contributed by atoms with Gasteiger partial charge in [0.05, 0.1) is 18.2 Å². The van der Waals surface area contributed by atoms with Crippen LogP contribution in [0.2, 0.25) is 0 Å². The number of carbonyl (C=O) groups excluding carboxylic acids is 2. The van der Waals surface area contributed by atoms with Crippen molar-refractivity contribution in [3.8, 4) is 11.1 Å². The van der Waals surface area contributed by atoms with Crippen molar-refractivity contribution in [2.75, 3.05) is 13.2 Å². The standard InChI is InChI=1S/C29H33FN2O5/c1-17-27-25(10-7-22-6-5-19(16-31-22)18-3-2-4-21(30)13-18)24-9-8-23(32-29(35)36-12-11-33)14-20(24)15-26(27)28(34)37-17/h2-7,10,13,16-17,20,23-27,33H,8-9,11-12,14-15H2,1H3,(H,32,35)/b10-7+/t17-,20+,23?,24-,25+,26-,27+/m1/s1. The van der Waals surface area contributed by atoms with Gasteiger partial charge in [-0.05, 0) is 80.2 Å². The van der Waals surface area contributed by atoms with Gasteiger partial charge in [-0.1, -0.05) is 24.3 Å². The number of hydrogen-bond donors (Lipinski definition) is 2. The Balaban J connectivity index is 1.32. The van der Waals surface area contributed by atoms with Gasteiger partial charge in [-0.25, -0.2) is 9.18 Å². The maximum absolute atomic E-state index is 13.6. The number of benzene rings is 1. The minimum atomic E-state index is -0.510. The summed E-state index contributed by atoms with van der Waals surface area (Å²) in [5.41, 5.74) is 2.43. The number of aliphatic hydroxyl groups excluding tert-OH is 1. The number of halogens is 1. The van der Waals surface area contributed by atoms with Crippen molar-refractivity contribution >= 4 is 18.1 Å². The molecule has 2 aliphatic carbocycles. The summed E-state index contributed by atoms with van der Waals surface area (Å²) in [6, 6.07) is 10.3. The van der Waals surface area contributed by atoms with E-state index in [-0.39, 0.29) is 60.8 Å². The average molecular weight is 509 g/mol. The molecule has 7 nitrogen and oxygen atoms in total. The molecule has 1 aromatic carbocycles. The largest absolute Gasteiger partial charge is 0.462 e. The first-order chi connectivity index (χ1) is 17.9. The zero-order chi connectivity index (χ0) is 25.9. The van der Waals surface area contributed by atoms with E-state index in [2.05, 4.69) is 16.4 Å². The molecule has 2 saturated carbocycles. The Morgan fingerprint density at radius 1 is 1.24 bits per heavy atom. The topological polar surface area (TPSA) is 97.8 Å². The van der Waals surface area contributed by atoms with E-state index < -0.39 is 6.09 Å². The highest BCUT2D eigenvalue weighted by Crippen LogP contribution is 2.53. The van der Waals surface area contributed by atoms with Gasteiger partial charge < -0.3 is 19.9 Å². The second kappa shape index (κ2) is 11.0. The molecule has 8 heteroatoms. The minimum absolute atomic E-state index is 0.0134. The highest BCUT2D eigenvalue weighted by molar-refractivity contribution is 5.75. The fourth-order valence-corrected chi connectivity index (χ4v) is 6.65. The van der Waals surface area contributed by atoms with Gasteiger partial charge in [0.1, 0.15) is 18.5 Å². The number of pyridine rings is 1. The van der Waals surface area contributed by atoms with Crippen molar-refractivity contribution in [3.63, 3.8) is 0 Å². The van der Waals surface area contributed by atoms with Crippen LogP contribution in [0, 0.1) is 35.4 Å². The Hall–Kier alpha value is -3.26. The lowest BCUT2D eigenvalue weighted by atomic mass is 9.57. The van der Waals surface area contributed by atoms with Gasteiger partial charge in [0.2, 0.25) is 0 Å². The van der Waals surface area contributed by atoms with Gasteiger partial charge in [-0.3, -0.25) is 9.78 Å². The zero-order valence-corrected chi connectivity index (χ0v) is 20.9. The van der Waals surface area contributed by atoms with Crippen LogP contribution in [0.3, 0.4) is 0 Å². The van der Waals surface area contributed by atoms with Crippen LogP contribution in [0.5, 0.6) is 0 Å². The monoisotopic (exact) mass is 508 g/mol. The molecule has 5 rings (SSSR count). The van der Waals surface area contributed by atoms with Crippen molar-refractivity contribution in [1.82, 2.24) is 10.3 Å². The summed E-state index contributed by atoms with van der Waals surface area (Å²) >= 11 is 0. The number of hydrogen-bond acceptors (Lipinski definition) is 6. The lowest BCUT2D eigenvalue weighted by Gasteiger charge is -2.47. The molecule has 7 atom stereocenters. The number of esters is 1. The Kier molecular flexibility index (Phi) is 7.55. The molecule has 2 N–H and O–H groups in total. The fraction of sp³-hybridized carbons (Fsp3) is 0.483. The predicted molar refractivity (Wildman–Crippen MR) is 135 cm³/mol. The van der Waals surface area contributed by atoms with Crippen molar-refractivity contribution < 1.29 is 28.6 Å². The molecule has 3 aliphatic rings. The second-order valence-corrected chi connectivity index (χ2v) is 10.4. The molecule has 1 amide bonds. The summed E-state index contributed by atoms with van der Waals surface area (Å²) in [5, 5.41) is 11.8. The van der Waals surface area contributed by atoms with Gasteiger partial charge in [0.25, 0.3) is 0 Å². The number of aromatic nitrogens is 1. The van der Waals surface area contributed by atoms with E-state index in [1.54, 1.807) is 12.3 Å². The van der Waals surface area contributed by atoms with Crippen molar-refractivity contribution in [2.45, 2.75) is 44.8 Å². The molecule has 0 radical (unpaired) electrons. The third kappa shape index (κ3) is 5.54. The van der Waals surface area contributed by atoms with E-state index >= 15 is 0 Å². The lowest BCUT2D eigenvalue weighted by molar-refractivity contribution is -0.144. The highest BCUT2D eigenvalue weighted by Gasteiger charge is 2.54. The summed E-state index contributed by atoms with van der Waals surface area (Å²) in [4.78, 5) is 29.3. The van der Waals surface area contributed by atoms with Crippen LogP contribution in [0.15, 0.2) is 48.7 Å². The molecule has 1 saturated heterocycles. The number of nitrogens with zero attached hydrogens (tertiary/aromatic N) is 1. The molecular weight excluding hydrogens is 475 g/mol. The second-order valence-electron chi connectivity index (χ2n) is 10.4. The van der Waals surface area contributed by atoms with Gasteiger partial charge in [0.15, 0.2) is 0 Å². The Labute approximate surface area is 216 Å². The Morgan fingerprint density at radius 2 is 2.11 bits per heavy atom. The summed E-state index contributed by atoms with van der Waals surface area (Å²) in [6.07, 6.45) is 8.64. The molecule has 2 aromatic rings. The molecule has 196 valence electrons. The van der Waals surface area contributed by atoms with Crippen LogP contribution in [-0.2, 0) is 14.3 Å². The Bertz CT molecular complexity index is 1150. The minimum Gasteiger partial charge on any atom is -0.462 e. The molecule has 0 bridgehead atoms. The summed E-state index contributed by atoms with van der Waals surface area (Å²) in [5.74, 6) is 0.408. The number of rotatable bonds is 6. The maximum atomic E-state index is 13.6. The first kappa shape index (κ1) is 25.4. The SMILES string of the molecule is C[C@H]1OC(=O)[C@@H]2C[C@@H]3CC(NC(=O)OCCO)CC[C@H]3[C@H](/C=C/c3ccc(-c4cccc(F)c4)cn3)[C@H]12. The number of amides is 1. The van der Waals surface area contributed by atoms with E-state index in [1.807, 2.05) is 31.2 Å². The number of cyclic esters (lactones) is 1. The van der Waals surface area contributed by atoms with E-state index in [1.165, 1.54) is 12.1 Å². The molecule has 0 spiro atoms. The predicted octanol–water partition coefficient (Wildman–Crippen LogP) is 4.60.